The maximum Gasteiger partial charge on any atom is 0.346 e. The summed E-state index contributed by atoms with van der Waals surface area (Å²) >= 11 is 21.0. The number of carbonyl (C=O) groups is 4. The molecule has 0 aliphatic rings. The Morgan fingerprint density at radius 3 is 0.824 bits per heavy atom. The van der Waals surface area contributed by atoms with Gasteiger partial charge in [0.1, 0.15) is 0 Å². The molecule has 0 amide bonds. The molecule has 4 rings (SSSR count). The molecule has 0 unspecified atom stereocenters. The minimum Gasteiger partial charge on any atom is -0.386 e. The fourth-order valence-corrected chi connectivity index (χ4v) is 3.54. The number of rotatable bonds is 4. The highest BCUT2D eigenvalue weighted by atomic mass is 35.5. The molecule has 10 nitrogen and oxygen atoms in total. The molecule has 2 aromatic heterocycles. The Morgan fingerprint density at radius 2 is 0.647 bits per heavy atom. The Balaban J connectivity index is 0.000000191. The first kappa shape index (κ1) is 25.2. The first-order valence-corrected chi connectivity index (χ1v) is 10.0. The van der Waals surface area contributed by atoms with Crippen LogP contribution in [0.1, 0.15) is 41.4 Å². The predicted octanol–water partition coefficient (Wildman–Crippen LogP) is 2.70. The van der Waals surface area contributed by atoms with Crippen LogP contribution in [0.3, 0.4) is 0 Å². The van der Waals surface area contributed by atoms with Crippen molar-refractivity contribution in [3.8, 4) is 0 Å². The lowest BCUT2D eigenvalue weighted by molar-refractivity contribution is 0.104. The molecule has 0 spiro atoms. The van der Waals surface area contributed by atoms with E-state index in [9.17, 15) is 38.4 Å². The van der Waals surface area contributed by atoms with Gasteiger partial charge in [-0.2, -0.15) is 0 Å². The largest absolute Gasteiger partial charge is 0.386 e. The lowest BCUT2D eigenvalue weighted by Crippen LogP contribution is -2.09. The third kappa shape index (κ3) is 4.62. The number of benzene rings is 2. The first-order valence-electron chi connectivity index (χ1n) is 8.51. The topological polar surface area (TPSA) is 163 Å². The van der Waals surface area contributed by atoms with Gasteiger partial charge in [0.15, 0.2) is 0 Å². The predicted molar refractivity (Wildman–Crippen MR) is 121 cm³/mol. The molecule has 4 aromatic rings. The van der Waals surface area contributed by atoms with E-state index in [0.717, 1.165) is 24.3 Å². The highest BCUT2D eigenvalue weighted by molar-refractivity contribution is 6.74. The van der Waals surface area contributed by atoms with Gasteiger partial charge < -0.3 is 8.83 Å². The van der Waals surface area contributed by atoms with Gasteiger partial charge in [-0.1, -0.05) is 0 Å². The van der Waals surface area contributed by atoms with Gasteiger partial charge >= 0.3 is 22.5 Å². The summed E-state index contributed by atoms with van der Waals surface area (Å²) in [6, 6.07) is 4.09. The Bertz CT molecular complexity index is 1510. The van der Waals surface area contributed by atoms with E-state index in [1.165, 1.54) is 0 Å². The molecule has 2 heterocycles. The molecule has 0 radical (unpaired) electrons. The average Bonchev–Trinajstić information content (AvgIpc) is 3.20. The molecule has 14 heteroatoms. The van der Waals surface area contributed by atoms with E-state index in [1.54, 1.807) is 0 Å². The molecule has 0 saturated heterocycles. The van der Waals surface area contributed by atoms with Crippen molar-refractivity contribution in [3.05, 3.63) is 88.2 Å². The molecular weight excluding hydrogens is 542 g/mol. The summed E-state index contributed by atoms with van der Waals surface area (Å²) in [4.78, 5) is 89.2. The van der Waals surface area contributed by atoms with Gasteiger partial charge in [-0.05, 0) is 70.7 Å². The van der Waals surface area contributed by atoms with Crippen molar-refractivity contribution in [2.75, 3.05) is 0 Å². The highest BCUT2D eigenvalue weighted by Crippen LogP contribution is 2.23. The maximum absolute atomic E-state index is 11.2. The number of hydrogen-bond donors (Lipinski definition) is 0. The molecule has 172 valence electrons. The summed E-state index contributed by atoms with van der Waals surface area (Å²) in [5.74, 6) is 0. The van der Waals surface area contributed by atoms with Crippen LogP contribution < -0.4 is 22.5 Å². The van der Waals surface area contributed by atoms with Gasteiger partial charge in [0.25, 0.3) is 21.0 Å². The number of halogens is 4. The quantitative estimate of drug-likeness (QED) is 0.348. The van der Waals surface area contributed by atoms with E-state index in [1.807, 2.05) is 0 Å². The lowest BCUT2D eigenvalue weighted by Gasteiger charge is -2.07. The van der Waals surface area contributed by atoms with Crippen molar-refractivity contribution in [2.24, 2.45) is 0 Å². The van der Waals surface area contributed by atoms with Crippen molar-refractivity contribution in [1.29, 1.82) is 0 Å². The van der Waals surface area contributed by atoms with Crippen molar-refractivity contribution in [1.82, 2.24) is 0 Å². The van der Waals surface area contributed by atoms with E-state index >= 15 is 0 Å². The van der Waals surface area contributed by atoms with E-state index in [4.69, 9.17) is 46.4 Å². The molecule has 34 heavy (non-hydrogen) atoms. The molecule has 0 fully saturated rings. The summed E-state index contributed by atoms with van der Waals surface area (Å²) in [6.45, 7) is 0. The zero-order valence-electron chi connectivity index (χ0n) is 15.9. The fourth-order valence-electron chi connectivity index (χ4n) is 2.91. The molecule has 2 aromatic carbocycles. The molecule has 0 bridgehead atoms. The van der Waals surface area contributed by atoms with Crippen LogP contribution in [0.25, 0.3) is 21.5 Å². The number of fused-ring (bicyclic) bond motifs is 2. The minimum absolute atomic E-state index is 0.0181. The van der Waals surface area contributed by atoms with Crippen molar-refractivity contribution in [3.63, 3.8) is 0 Å². The average molecular weight is 546 g/mol. The Labute approximate surface area is 204 Å². The molecule has 0 atom stereocenters. The molecule has 0 N–H and O–H groups in total. The summed E-state index contributed by atoms with van der Waals surface area (Å²) in [5, 5.41) is -4.16. The van der Waals surface area contributed by atoms with Crippen LogP contribution in [0.2, 0.25) is 0 Å². The van der Waals surface area contributed by atoms with E-state index in [0.29, 0.717) is 0 Å². The smallest absolute Gasteiger partial charge is 0.346 e. The second-order valence-corrected chi connectivity index (χ2v) is 7.71. The Morgan fingerprint density at radius 1 is 0.441 bits per heavy atom. The van der Waals surface area contributed by atoms with Gasteiger partial charge in [0.05, 0.1) is 21.5 Å². The molecule has 0 aliphatic carbocycles. The molecule has 0 saturated carbocycles. The first-order chi connectivity index (χ1) is 15.8. The van der Waals surface area contributed by atoms with Crippen molar-refractivity contribution >= 4 is 88.9 Å². The normalized spacial score (nSPS) is 10.7. The molecular formula is C20H4Cl4O10. The van der Waals surface area contributed by atoms with Gasteiger partial charge in [0, 0.05) is 22.3 Å². The van der Waals surface area contributed by atoms with Gasteiger partial charge in [-0.25, -0.2) is 19.2 Å². The van der Waals surface area contributed by atoms with Crippen LogP contribution in [0.15, 0.2) is 52.3 Å². The zero-order valence-corrected chi connectivity index (χ0v) is 18.9. The monoisotopic (exact) mass is 544 g/mol. The summed E-state index contributed by atoms with van der Waals surface area (Å²) in [7, 11) is 0. The van der Waals surface area contributed by atoms with Crippen molar-refractivity contribution < 1.29 is 28.0 Å². The number of hydrogen-bond acceptors (Lipinski definition) is 10. The zero-order chi connectivity index (χ0) is 25.5. The third-order valence-electron chi connectivity index (χ3n) is 4.41. The Hall–Kier alpha value is -3.44. The number of carbonyl (C=O) groups excluding carboxylic acids is 4. The van der Waals surface area contributed by atoms with E-state index < -0.39 is 43.5 Å². The summed E-state index contributed by atoms with van der Waals surface area (Å²) < 4.78 is 8.68. The van der Waals surface area contributed by atoms with Crippen LogP contribution in [0, 0.1) is 0 Å². The third-order valence-corrected chi connectivity index (χ3v) is 5.23. The van der Waals surface area contributed by atoms with Crippen LogP contribution in [0.4, 0.5) is 0 Å². The standard InChI is InChI=1S/C10H2Cl4O4.C10H2O6/c11-7(15)3-1-4(8(12)16)6(10(14)18)2-5(3)9(13)17;11-7-3-1-4-6(10(14)16-8(4)12)2-5(3)9(13)15-7/h1-2H;1-2H. The van der Waals surface area contributed by atoms with Gasteiger partial charge in [0.2, 0.25) is 0 Å². The summed E-state index contributed by atoms with van der Waals surface area (Å²) in [5.41, 5.74) is -4.62. The van der Waals surface area contributed by atoms with Crippen LogP contribution >= 0.6 is 46.4 Å². The van der Waals surface area contributed by atoms with Crippen LogP contribution in [-0.4, -0.2) is 21.0 Å². The van der Waals surface area contributed by atoms with Gasteiger partial charge in [-0.15, -0.1) is 0 Å². The van der Waals surface area contributed by atoms with Crippen LogP contribution in [-0.2, 0) is 0 Å². The molecule has 0 aliphatic heterocycles. The minimum atomic E-state index is -1.02. The Kier molecular flexibility index (Phi) is 6.99. The van der Waals surface area contributed by atoms with Crippen molar-refractivity contribution in [2.45, 2.75) is 0 Å². The summed E-state index contributed by atoms with van der Waals surface area (Å²) in [6.07, 6.45) is 0. The fraction of sp³-hybridized carbons (Fsp3) is 0. The van der Waals surface area contributed by atoms with E-state index in [-0.39, 0.29) is 43.8 Å². The highest BCUT2D eigenvalue weighted by Gasteiger charge is 2.23. The number of furan rings is 2. The van der Waals surface area contributed by atoms with Gasteiger partial charge in [-0.3, -0.25) is 19.2 Å². The SMILES string of the molecule is O=C(Cl)c1cc(C(=O)Cl)c(C(=O)Cl)cc1C(=O)Cl.O=c1oc(=O)c2cc3c(=O)oc(=O)c3cc12. The van der Waals surface area contributed by atoms with Crippen LogP contribution in [0.5, 0.6) is 0 Å². The second kappa shape index (κ2) is 9.43. The maximum atomic E-state index is 11.2. The van der Waals surface area contributed by atoms with E-state index in [2.05, 4.69) is 8.83 Å². The lowest BCUT2D eigenvalue weighted by atomic mass is 10.0. The second-order valence-electron chi connectivity index (χ2n) is 6.34.